The topological polar surface area (TPSA) is 94.8 Å². The van der Waals surface area contributed by atoms with E-state index in [2.05, 4.69) is 15.5 Å². The zero-order valence-corrected chi connectivity index (χ0v) is 14.4. The lowest BCUT2D eigenvalue weighted by Gasteiger charge is -2.10. The SMILES string of the molecule is COc1ccccc1CNC(=O)COC(=O)c1ccc2nnc(C)n2c1. The minimum absolute atomic E-state index is 0.284. The van der Waals surface area contributed by atoms with Gasteiger partial charge in [-0.2, -0.15) is 0 Å². The molecule has 0 unspecified atom stereocenters. The van der Waals surface area contributed by atoms with Gasteiger partial charge in [-0.15, -0.1) is 10.2 Å². The quantitative estimate of drug-likeness (QED) is 0.675. The molecule has 3 rings (SSSR count). The monoisotopic (exact) mass is 354 g/mol. The summed E-state index contributed by atoms with van der Waals surface area (Å²) in [5.74, 6) is 0.352. The molecular formula is C18H18N4O4. The van der Waals surface area contributed by atoms with Gasteiger partial charge in [-0.3, -0.25) is 9.20 Å². The lowest BCUT2D eigenvalue weighted by atomic mass is 10.2. The molecule has 1 aromatic carbocycles. The number of amides is 1. The van der Waals surface area contributed by atoms with Crippen LogP contribution in [0.15, 0.2) is 42.6 Å². The molecule has 0 fully saturated rings. The highest BCUT2D eigenvalue weighted by Crippen LogP contribution is 2.16. The van der Waals surface area contributed by atoms with Crippen molar-refractivity contribution in [2.75, 3.05) is 13.7 Å². The molecule has 0 radical (unpaired) electrons. The number of carbonyl (C=O) groups is 2. The average Bonchev–Trinajstić information content (AvgIpc) is 3.05. The van der Waals surface area contributed by atoms with Crippen LogP contribution in [0.5, 0.6) is 5.75 Å². The maximum atomic E-state index is 12.1. The van der Waals surface area contributed by atoms with Gasteiger partial charge in [-0.05, 0) is 25.1 Å². The lowest BCUT2D eigenvalue weighted by Crippen LogP contribution is -2.28. The fourth-order valence-corrected chi connectivity index (χ4v) is 2.43. The Morgan fingerprint density at radius 1 is 1.15 bits per heavy atom. The van der Waals surface area contributed by atoms with E-state index in [0.717, 1.165) is 5.56 Å². The Bertz CT molecular complexity index is 951. The smallest absolute Gasteiger partial charge is 0.340 e. The number of aromatic nitrogens is 3. The van der Waals surface area contributed by atoms with E-state index in [1.165, 1.54) is 0 Å². The summed E-state index contributed by atoms with van der Waals surface area (Å²) in [6.07, 6.45) is 1.58. The number of methoxy groups -OCH3 is 1. The van der Waals surface area contributed by atoms with E-state index in [4.69, 9.17) is 9.47 Å². The number of aryl methyl sites for hydroxylation is 1. The van der Waals surface area contributed by atoms with Gasteiger partial charge in [0.1, 0.15) is 11.6 Å². The van der Waals surface area contributed by atoms with E-state index in [0.29, 0.717) is 22.8 Å². The number of fused-ring (bicyclic) bond motifs is 1. The van der Waals surface area contributed by atoms with Gasteiger partial charge >= 0.3 is 5.97 Å². The van der Waals surface area contributed by atoms with Crippen molar-refractivity contribution in [1.29, 1.82) is 0 Å². The van der Waals surface area contributed by atoms with Gasteiger partial charge in [-0.1, -0.05) is 18.2 Å². The van der Waals surface area contributed by atoms with Crippen molar-refractivity contribution < 1.29 is 19.1 Å². The average molecular weight is 354 g/mol. The highest BCUT2D eigenvalue weighted by molar-refractivity contribution is 5.91. The molecule has 0 atom stereocenters. The molecule has 0 bridgehead atoms. The van der Waals surface area contributed by atoms with E-state index in [-0.39, 0.29) is 13.2 Å². The zero-order valence-electron chi connectivity index (χ0n) is 14.4. The summed E-state index contributed by atoms with van der Waals surface area (Å²) in [6, 6.07) is 10.6. The molecule has 0 saturated carbocycles. The third kappa shape index (κ3) is 3.80. The van der Waals surface area contributed by atoms with Crippen LogP contribution in [0.3, 0.4) is 0 Å². The Kier molecular flexibility index (Phi) is 5.12. The van der Waals surface area contributed by atoms with Crippen LogP contribution in [0.25, 0.3) is 5.65 Å². The van der Waals surface area contributed by atoms with Crippen LogP contribution in [0.4, 0.5) is 0 Å². The Hall–Kier alpha value is -3.42. The first-order chi connectivity index (χ1) is 12.6. The second-order valence-electron chi connectivity index (χ2n) is 5.56. The van der Waals surface area contributed by atoms with E-state index in [1.54, 1.807) is 36.8 Å². The highest BCUT2D eigenvalue weighted by atomic mass is 16.5. The second-order valence-corrected chi connectivity index (χ2v) is 5.56. The summed E-state index contributed by atoms with van der Waals surface area (Å²) in [5.41, 5.74) is 1.79. The zero-order chi connectivity index (χ0) is 18.5. The summed E-state index contributed by atoms with van der Waals surface area (Å²) in [5, 5.41) is 10.6. The number of para-hydroxylation sites is 1. The van der Waals surface area contributed by atoms with Crippen LogP contribution in [-0.2, 0) is 16.1 Å². The number of hydrogen-bond acceptors (Lipinski definition) is 6. The van der Waals surface area contributed by atoms with Gasteiger partial charge in [-0.25, -0.2) is 4.79 Å². The third-order valence-corrected chi connectivity index (χ3v) is 3.81. The van der Waals surface area contributed by atoms with Gasteiger partial charge in [0.25, 0.3) is 5.91 Å². The van der Waals surface area contributed by atoms with E-state index in [1.807, 2.05) is 24.3 Å². The molecule has 8 heteroatoms. The van der Waals surface area contributed by atoms with Crippen LogP contribution in [-0.4, -0.2) is 40.2 Å². The number of benzene rings is 1. The Labute approximate surface area is 149 Å². The molecule has 134 valence electrons. The molecule has 26 heavy (non-hydrogen) atoms. The molecule has 2 aromatic heterocycles. The normalized spacial score (nSPS) is 10.5. The molecule has 1 amide bonds. The number of pyridine rings is 1. The molecule has 3 aromatic rings. The number of rotatable bonds is 6. The number of esters is 1. The number of nitrogens with one attached hydrogen (secondary N) is 1. The van der Waals surface area contributed by atoms with Crippen molar-refractivity contribution in [1.82, 2.24) is 19.9 Å². The van der Waals surface area contributed by atoms with Crippen LogP contribution >= 0.6 is 0 Å². The maximum absolute atomic E-state index is 12.1. The van der Waals surface area contributed by atoms with Crippen molar-refractivity contribution in [3.63, 3.8) is 0 Å². The molecule has 2 heterocycles. The van der Waals surface area contributed by atoms with Gasteiger partial charge < -0.3 is 14.8 Å². The predicted octanol–water partition coefficient (Wildman–Crippen LogP) is 1.52. The van der Waals surface area contributed by atoms with Crippen molar-refractivity contribution in [3.8, 4) is 5.75 Å². The Morgan fingerprint density at radius 3 is 2.77 bits per heavy atom. The molecule has 0 aliphatic rings. The lowest BCUT2D eigenvalue weighted by molar-refractivity contribution is -0.124. The Balaban J connectivity index is 1.55. The Morgan fingerprint density at radius 2 is 1.96 bits per heavy atom. The van der Waals surface area contributed by atoms with Crippen molar-refractivity contribution in [2.45, 2.75) is 13.5 Å². The van der Waals surface area contributed by atoms with E-state index < -0.39 is 11.9 Å². The van der Waals surface area contributed by atoms with Crippen molar-refractivity contribution in [3.05, 3.63) is 59.5 Å². The number of nitrogens with zero attached hydrogens (tertiary/aromatic N) is 3. The number of hydrogen-bond donors (Lipinski definition) is 1. The van der Waals surface area contributed by atoms with E-state index in [9.17, 15) is 9.59 Å². The summed E-state index contributed by atoms with van der Waals surface area (Å²) in [6.45, 7) is 1.69. The molecule has 0 aliphatic heterocycles. The summed E-state index contributed by atoms with van der Waals surface area (Å²) in [4.78, 5) is 24.0. The van der Waals surface area contributed by atoms with E-state index >= 15 is 0 Å². The molecule has 0 spiro atoms. The summed E-state index contributed by atoms with van der Waals surface area (Å²) >= 11 is 0. The van der Waals surface area contributed by atoms with Crippen LogP contribution < -0.4 is 10.1 Å². The minimum atomic E-state index is -0.590. The molecule has 1 N–H and O–H groups in total. The van der Waals surface area contributed by atoms with Crippen LogP contribution in [0.1, 0.15) is 21.7 Å². The third-order valence-electron chi connectivity index (χ3n) is 3.81. The van der Waals surface area contributed by atoms with Crippen LogP contribution in [0.2, 0.25) is 0 Å². The molecule has 0 aliphatic carbocycles. The minimum Gasteiger partial charge on any atom is -0.496 e. The number of ether oxygens (including phenoxy) is 2. The molecular weight excluding hydrogens is 336 g/mol. The highest BCUT2D eigenvalue weighted by Gasteiger charge is 2.12. The first kappa shape index (κ1) is 17.4. The van der Waals surface area contributed by atoms with Gasteiger partial charge in [0.05, 0.1) is 12.7 Å². The largest absolute Gasteiger partial charge is 0.496 e. The summed E-state index contributed by atoms with van der Waals surface area (Å²) in [7, 11) is 1.57. The van der Waals surface area contributed by atoms with Gasteiger partial charge in [0.15, 0.2) is 12.3 Å². The van der Waals surface area contributed by atoms with Crippen molar-refractivity contribution >= 4 is 17.5 Å². The van der Waals surface area contributed by atoms with Crippen LogP contribution in [0, 0.1) is 6.92 Å². The molecule has 8 nitrogen and oxygen atoms in total. The predicted molar refractivity (Wildman–Crippen MR) is 92.8 cm³/mol. The van der Waals surface area contributed by atoms with Gasteiger partial charge in [0, 0.05) is 18.3 Å². The van der Waals surface area contributed by atoms with Crippen molar-refractivity contribution in [2.24, 2.45) is 0 Å². The maximum Gasteiger partial charge on any atom is 0.340 e. The second kappa shape index (κ2) is 7.64. The van der Waals surface area contributed by atoms with Gasteiger partial charge in [0.2, 0.25) is 0 Å². The first-order valence-electron chi connectivity index (χ1n) is 7.95. The summed E-state index contributed by atoms with van der Waals surface area (Å²) < 4.78 is 12.0. The number of carbonyl (C=O) groups excluding carboxylic acids is 2. The fraction of sp³-hybridized carbons (Fsp3) is 0.222. The molecule has 0 saturated heterocycles. The first-order valence-corrected chi connectivity index (χ1v) is 7.95. The fourth-order valence-electron chi connectivity index (χ4n) is 2.43. The standard InChI is InChI=1S/C18H18N4O4/c1-12-20-21-16-8-7-14(10-22(12)16)18(24)26-11-17(23)19-9-13-5-3-4-6-15(13)25-2/h3-8,10H,9,11H2,1-2H3,(H,19,23).